The van der Waals surface area contributed by atoms with Gasteiger partial charge in [-0.05, 0) is 51.5 Å². The van der Waals surface area contributed by atoms with E-state index in [0.717, 1.165) is 6.42 Å². The zero-order valence-corrected chi connectivity index (χ0v) is 17.9. The predicted octanol–water partition coefficient (Wildman–Crippen LogP) is 2.71. The number of thioether (sulfide) groups is 1. The highest BCUT2D eigenvalue weighted by atomic mass is 32.2. The van der Waals surface area contributed by atoms with E-state index in [1.807, 2.05) is 6.92 Å². The fourth-order valence-corrected chi connectivity index (χ4v) is 4.23. The molecule has 2 aliphatic rings. The summed E-state index contributed by atoms with van der Waals surface area (Å²) in [5, 5.41) is 2.47. The molecule has 29 heavy (non-hydrogen) atoms. The number of hydrogen-bond donors (Lipinski definition) is 1. The number of ether oxygens (including phenoxy) is 2. The van der Waals surface area contributed by atoms with Crippen molar-refractivity contribution in [2.45, 2.75) is 51.1 Å². The zero-order valence-electron chi connectivity index (χ0n) is 17.1. The van der Waals surface area contributed by atoms with Gasteiger partial charge in [-0.2, -0.15) is 0 Å². The lowest BCUT2D eigenvalue weighted by Gasteiger charge is -2.48. The number of carbonyl (C=O) groups is 3. The van der Waals surface area contributed by atoms with Crippen LogP contribution in [0.3, 0.4) is 0 Å². The Morgan fingerprint density at radius 1 is 1.31 bits per heavy atom. The Balaban J connectivity index is 1.66. The summed E-state index contributed by atoms with van der Waals surface area (Å²) in [6, 6.07) is 6.19. The van der Waals surface area contributed by atoms with Crippen molar-refractivity contribution in [2.75, 3.05) is 12.4 Å². The number of carbonyl (C=O) groups excluding carboxylic acids is 3. The highest BCUT2D eigenvalue weighted by molar-refractivity contribution is 8.00. The maximum Gasteiger partial charge on any atom is 0.355 e. The lowest BCUT2D eigenvalue weighted by atomic mass is 10.0. The molecule has 8 heteroatoms. The van der Waals surface area contributed by atoms with Gasteiger partial charge in [-0.3, -0.25) is 14.5 Å². The summed E-state index contributed by atoms with van der Waals surface area (Å²) in [5.41, 5.74) is 0.0208. The second-order valence-corrected chi connectivity index (χ2v) is 9.00. The average molecular weight is 419 g/mol. The summed E-state index contributed by atoms with van der Waals surface area (Å²) in [4.78, 5) is 39.2. The minimum atomic E-state index is -0.682. The summed E-state index contributed by atoms with van der Waals surface area (Å²) >= 11 is 1.50. The number of β-lactam (4-membered cyclic amide) rings is 1. The quantitative estimate of drug-likeness (QED) is 0.565. The lowest BCUT2D eigenvalue weighted by Crippen LogP contribution is -2.70. The van der Waals surface area contributed by atoms with E-state index in [9.17, 15) is 14.4 Å². The molecule has 156 valence electrons. The molecule has 2 aliphatic heterocycles. The second kappa shape index (κ2) is 8.49. The highest BCUT2D eigenvalue weighted by Gasteiger charge is 2.53. The minimum Gasteiger partial charge on any atom is -0.494 e. The van der Waals surface area contributed by atoms with Crippen LogP contribution in [-0.4, -0.2) is 52.1 Å². The molecule has 2 amide bonds. The topological polar surface area (TPSA) is 84.9 Å². The van der Waals surface area contributed by atoms with E-state index in [4.69, 9.17) is 9.47 Å². The first-order chi connectivity index (χ1) is 13.7. The SMILES string of the molecule is CCCOc1cccc(C(=O)NC2C(=O)N3C(C(=O)OC(C)(C)C)=CCS[C@@H]23)c1. The molecule has 3 rings (SSSR count). The van der Waals surface area contributed by atoms with Crippen LogP contribution >= 0.6 is 11.8 Å². The Morgan fingerprint density at radius 2 is 2.07 bits per heavy atom. The first-order valence-corrected chi connectivity index (χ1v) is 10.7. The number of benzene rings is 1. The fourth-order valence-electron chi connectivity index (χ4n) is 3.03. The lowest BCUT2D eigenvalue weighted by molar-refractivity contribution is -0.158. The van der Waals surface area contributed by atoms with Gasteiger partial charge in [0.25, 0.3) is 11.8 Å². The van der Waals surface area contributed by atoms with E-state index in [1.165, 1.54) is 16.7 Å². The van der Waals surface area contributed by atoms with Gasteiger partial charge in [0.1, 0.15) is 28.5 Å². The molecule has 7 nitrogen and oxygen atoms in total. The monoisotopic (exact) mass is 418 g/mol. The minimum absolute atomic E-state index is 0.245. The van der Waals surface area contributed by atoms with Gasteiger partial charge < -0.3 is 14.8 Å². The standard InChI is InChI=1S/C21H26N2O5S/c1-5-10-27-14-8-6-7-13(12-14)17(24)22-16-18(25)23-15(9-11-29-19(16)23)20(26)28-21(2,3)4/h6-9,12,16,19H,5,10-11H2,1-4H3,(H,22,24)/t16?,19-/m0/s1. The van der Waals surface area contributed by atoms with Gasteiger partial charge in [0, 0.05) is 11.3 Å². The molecule has 0 radical (unpaired) electrons. The third-order valence-electron chi connectivity index (χ3n) is 4.31. The van der Waals surface area contributed by atoms with Crippen LogP contribution in [0.5, 0.6) is 5.75 Å². The van der Waals surface area contributed by atoms with Crippen molar-refractivity contribution in [3.63, 3.8) is 0 Å². The van der Waals surface area contributed by atoms with Crippen LogP contribution in [0, 0.1) is 0 Å². The van der Waals surface area contributed by atoms with Crippen LogP contribution in [0.15, 0.2) is 36.0 Å². The van der Waals surface area contributed by atoms with Crippen LogP contribution in [0.2, 0.25) is 0 Å². The van der Waals surface area contributed by atoms with Crippen molar-refractivity contribution >= 4 is 29.5 Å². The van der Waals surface area contributed by atoms with Crippen LogP contribution in [0.25, 0.3) is 0 Å². The van der Waals surface area contributed by atoms with Crippen molar-refractivity contribution in [1.29, 1.82) is 0 Å². The molecule has 2 heterocycles. The maximum atomic E-state index is 12.7. The number of amides is 2. The fraction of sp³-hybridized carbons (Fsp3) is 0.476. The van der Waals surface area contributed by atoms with Crippen LogP contribution in [0.1, 0.15) is 44.5 Å². The van der Waals surface area contributed by atoms with E-state index in [-0.39, 0.29) is 22.9 Å². The van der Waals surface area contributed by atoms with Gasteiger partial charge in [-0.15, -0.1) is 11.8 Å². The number of hydrogen-bond acceptors (Lipinski definition) is 6. The molecule has 0 aliphatic carbocycles. The zero-order chi connectivity index (χ0) is 21.2. The number of fused-ring (bicyclic) bond motifs is 1. The van der Waals surface area contributed by atoms with Crippen LogP contribution in [0.4, 0.5) is 0 Å². The molecule has 2 atom stereocenters. The molecule has 0 bridgehead atoms. The molecule has 0 aromatic heterocycles. The molecular formula is C21H26N2O5S. The van der Waals surface area contributed by atoms with Crippen molar-refractivity contribution in [2.24, 2.45) is 0 Å². The van der Waals surface area contributed by atoms with Crippen LogP contribution < -0.4 is 10.1 Å². The summed E-state index contributed by atoms with van der Waals surface area (Å²) in [5.74, 6) is -0.00894. The summed E-state index contributed by atoms with van der Waals surface area (Å²) < 4.78 is 11.0. The van der Waals surface area contributed by atoms with E-state index >= 15 is 0 Å². The van der Waals surface area contributed by atoms with Gasteiger partial charge in [0.2, 0.25) is 0 Å². The van der Waals surface area contributed by atoms with E-state index in [1.54, 1.807) is 51.1 Å². The van der Waals surface area contributed by atoms with Crippen molar-refractivity contribution < 1.29 is 23.9 Å². The second-order valence-electron chi connectivity index (χ2n) is 7.85. The average Bonchev–Trinajstić information content (AvgIpc) is 2.68. The molecule has 1 aromatic rings. The summed E-state index contributed by atoms with van der Waals surface area (Å²) in [7, 11) is 0. The van der Waals surface area contributed by atoms with Crippen molar-refractivity contribution in [3.05, 3.63) is 41.6 Å². The maximum absolute atomic E-state index is 12.7. The Hall–Kier alpha value is -2.48. The van der Waals surface area contributed by atoms with Crippen molar-refractivity contribution in [3.8, 4) is 5.75 Å². The Labute approximate surface area is 174 Å². The third kappa shape index (κ3) is 4.75. The summed E-state index contributed by atoms with van der Waals surface area (Å²) in [6.45, 7) is 7.91. The van der Waals surface area contributed by atoms with E-state index < -0.39 is 17.6 Å². The molecule has 1 unspecified atom stereocenters. The molecule has 1 saturated heterocycles. The van der Waals surface area contributed by atoms with Crippen molar-refractivity contribution in [1.82, 2.24) is 10.2 Å². The van der Waals surface area contributed by atoms with Crippen LogP contribution in [-0.2, 0) is 14.3 Å². The van der Waals surface area contributed by atoms with Gasteiger partial charge in [-0.1, -0.05) is 13.0 Å². The van der Waals surface area contributed by atoms with E-state index in [0.29, 0.717) is 23.7 Å². The molecule has 0 saturated carbocycles. The smallest absolute Gasteiger partial charge is 0.355 e. The normalized spacial score (nSPS) is 20.9. The predicted molar refractivity (Wildman–Crippen MR) is 111 cm³/mol. The largest absolute Gasteiger partial charge is 0.494 e. The molecule has 0 spiro atoms. The Bertz CT molecular complexity index is 846. The molecular weight excluding hydrogens is 392 g/mol. The first kappa shape index (κ1) is 21.2. The number of rotatable bonds is 6. The van der Waals surface area contributed by atoms with Gasteiger partial charge >= 0.3 is 5.97 Å². The molecule has 1 fully saturated rings. The van der Waals surface area contributed by atoms with Gasteiger partial charge in [-0.25, -0.2) is 4.79 Å². The first-order valence-electron chi connectivity index (χ1n) is 9.63. The number of esters is 1. The van der Waals surface area contributed by atoms with E-state index in [2.05, 4.69) is 5.32 Å². The van der Waals surface area contributed by atoms with Gasteiger partial charge in [0.15, 0.2) is 0 Å². The Kier molecular flexibility index (Phi) is 6.21. The summed E-state index contributed by atoms with van der Waals surface area (Å²) in [6.07, 6.45) is 2.56. The number of nitrogens with one attached hydrogen (secondary N) is 1. The Morgan fingerprint density at radius 3 is 2.76 bits per heavy atom. The number of nitrogens with zero attached hydrogens (tertiary/aromatic N) is 1. The molecule has 1 aromatic carbocycles. The third-order valence-corrected chi connectivity index (χ3v) is 5.49. The molecule has 1 N–H and O–H groups in total. The highest BCUT2D eigenvalue weighted by Crippen LogP contribution is 2.38. The van der Waals surface area contributed by atoms with Gasteiger partial charge in [0.05, 0.1) is 6.61 Å².